The fraction of sp³-hybridized carbons (Fsp3) is 0.267. The lowest BCUT2D eigenvalue weighted by Gasteiger charge is -2.12. The molecule has 0 radical (unpaired) electrons. The lowest BCUT2D eigenvalue weighted by Crippen LogP contribution is -2.36. The van der Waals surface area contributed by atoms with Crippen molar-refractivity contribution in [3.05, 3.63) is 101 Å². The van der Waals surface area contributed by atoms with E-state index < -0.39 is 23.6 Å². The summed E-state index contributed by atoms with van der Waals surface area (Å²) in [4.78, 5) is 25.5. The van der Waals surface area contributed by atoms with Crippen LogP contribution in [0.15, 0.2) is 78.5 Å². The molecule has 2 amide bonds. The van der Waals surface area contributed by atoms with E-state index in [2.05, 4.69) is 10.6 Å². The van der Waals surface area contributed by atoms with Gasteiger partial charge < -0.3 is 25.2 Å². The summed E-state index contributed by atoms with van der Waals surface area (Å²) in [5.41, 5.74) is 0.917. The van der Waals surface area contributed by atoms with Crippen molar-refractivity contribution in [1.82, 2.24) is 10.6 Å². The normalized spacial score (nSPS) is 11.7. The highest BCUT2D eigenvalue weighted by atomic mass is 19.4. The van der Waals surface area contributed by atoms with Gasteiger partial charge in [0.25, 0.3) is 11.8 Å². The molecular weight excluding hydrogens is 525 g/mol. The maximum Gasteiger partial charge on any atom is 0.416 e. The second kappa shape index (κ2) is 14.2. The van der Waals surface area contributed by atoms with Crippen LogP contribution in [0.25, 0.3) is 6.08 Å². The minimum Gasteiger partial charge on any atom is -0.493 e. The van der Waals surface area contributed by atoms with Gasteiger partial charge in [-0.05, 0) is 79.6 Å². The molecule has 0 aromatic heterocycles. The van der Waals surface area contributed by atoms with Gasteiger partial charge in [0.05, 0.1) is 24.9 Å². The number of benzene rings is 3. The average Bonchev–Trinajstić information content (AvgIpc) is 2.92. The Kier molecular flexibility index (Phi) is 10.7. The van der Waals surface area contributed by atoms with Gasteiger partial charge >= 0.3 is 6.18 Å². The molecule has 3 rings (SSSR count). The van der Waals surface area contributed by atoms with Crippen molar-refractivity contribution in [2.24, 2.45) is 0 Å². The molecule has 0 aliphatic rings. The summed E-state index contributed by atoms with van der Waals surface area (Å²) < 4.78 is 49.4. The van der Waals surface area contributed by atoms with E-state index in [0.29, 0.717) is 29.0 Å². The van der Waals surface area contributed by atoms with Gasteiger partial charge in [-0.2, -0.15) is 13.2 Å². The number of hydrogen-bond acceptors (Lipinski definition) is 5. The predicted octanol–water partition coefficient (Wildman–Crippen LogP) is 4.99. The highest BCUT2D eigenvalue weighted by molar-refractivity contribution is 6.05. The first-order valence-electron chi connectivity index (χ1n) is 12.6. The fourth-order valence-corrected chi connectivity index (χ4v) is 3.55. The number of carbonyl (C=O) groups is 2. The highest BCUT2D eigenvalue weighted by Crippen LogP contribution is 2.29. The molecule has 0 spiro atoms. The van der Waals surface area contributed by atoms with Gasteiger partial charge in [0.2, 0.25) is 0 Å². The third-order valence-corrected chi connectivity index (χ3v) is 5.51. The molecule has 7 nitrogen and oxygen atoms in total. The summed E-state index contributed by atoms with van der Waals surface area (Å²) in [6.07, 6.45) is -2.45. The van der Waals surface area contributed by atoms with E-state index in [1.165, 1.54) is 30.3 Å². The van der Waals surface area contributed by atoms with Gasteiger partial charge in [-0.25, -0.2) is 0 Å². The molecule has 212 valence electrons. The number of ether oxygens (including phenoxy) is 2. The lowest BCUT2D eigenvalue weighted by atomic mass is 10.1. The van der Waals surface area contributed by atoms with Crippen molar-refractivity contribution in [2.75, 3.05) is 19.8 Å². The summed E-state index contributed by atoms with van der Waals surface area (Å²) in [7, 11) is 0. The van der Waals surface area contributed by atoms with Crippen LogP contribution < -0.4 is 20.1 Å². The zero-order chi connectivity index (χ0) is 29.1. The minimum absolute atomic E-state index is 0.00662. The number of carbonyl (C=O) groups excluding carboxylic acids is 2. The summed E-state index contributed by atoms with van der Waals surface area (Å²) in [5, 5.41) is 14.2. The molecule has 0 heterocycles. The molecular formula is C30H31F3N2O5. The van der Waals surface area contributed by atoms with Gasteiger partial charge in [0, 0.05) is 18.5 Å². The Morgan fingerprint density at radius 3 is 2.12 bits per heavy atom. The molecule has 0 bridgehead atoms. The molecule has 0 aliphatic carbocycles. The van der Waals surface area contributed by atoms with Crippen molar-refractivity contribution >= 4 is 17.9 Å². The van der Waals surface area contributed by atoms with Crippen LogP contribution in [-0.2, 0) is 17.4 Å². The van der Waals surface area contributed by atoms with Gasteiger partial charge in [-0.15, -0.1) is 0 Å². The van der Waals surface area contributed by atoms with Crippen LogP contribution in [-0.4, -0.2) is 42.8 Å². The van der Waals surface area contributed by atoms with E-state index in [1.807, 2.05) is 13.8 Å². The maximum absolute atomic E-state index is 12.9. The zero-order valence-corrected chi connectivity index (χ0v) is 22.1. The molecule has 40 heavy (non-hydrogen) atoms. The molecule has 0 unspecified atom stereocenters. The predicted molar refractivity (Wildman–Crippen MR) is 145 cm³/mol. The largest absolute Gasteiger partial charge is 0.493 e. The number of nitrogens with one attached hydrogen (secondary N) is 2. The van der Waals surface area contributed by atoms with Crippen LogP contribution in [0.1, 0.15) is 40.9 Å². The Bertz CT molecular complexity index is 1290. The van der Waals surface area contributed by atoms with E-state index in [4.69, 9.17) is 14.6 Å². The van der Waals surface area contributed by atoms with Crippen molar-refractivity contribution in [2.45, 2.75) is 32.5 Å². The first-order chi connectivity index (χ1) is 19.0. The third kappa shape index (κ3) is 9.46. The van der Waals surface area contributed by atoms with Crippen molar-refractivity contribution < 1.29 is 37.3 Å². The third-order valence-electron chi connectivity index (χ3n) is 5.51. The van der Waals surface area contributed by atoms with Crippen molar-refractivity contribution in [3.8, 4) is 11.5 Å². The molecule has 0 atom stereocenters. The standard InChI is InChI=1S/C30H31F3N2O5/c1-20(2)40-26-11-5-22(6-12-26)19-27(29(38)34-16-17-36)35-28(37)23-7-13-25(14-8-23)39-18-15-21-3-9-24(10-4-21)30(31,32)33/h3-14,19-20,36H,15-18H2,1-2H3,(H,34,38)(H,35,37)/b27-19+. The van der Waals surface area contributed by atoms with Crippen LogP contribution >= 0.6 is 0 Å². The Morgan fingerprint density at radius 1 is 0.925 bits per heavy atom. The lowest BCUT2D eigenvalue weighted by molar-refractivity contribution is -0.137. The van der Waals surface area contributed by atoms with Gasteiger partial charge in [-0.1, -0.05) is 24.3 Å². The molecule has 0 fully saturated rings. The van der Waals surface area contributed by atoms with E-state index in [-0.39, 0.29) is 37.1 Å². The number of hydrogen-bond donors (Lipinski definition) is 3. The first-order valence-corrected chi connectivity index (χ1v) is 12.6. The quantitative estimate of drug-likeness (QED) is 0.273. The molecule has 0 saturated heterocycles. The zero-order valence-electron chi connectivity index (χ0n) is 22.1. The second-order valence-electron chi connectivity index (χ2n) is 9.04. The first kappa shape index (κ1) is 30.2. The molecule has 0 aliphatic heterocycles. The average molecular weight is 557 g/mol. The molecule has 3 N–H and O–H groups in total. The SMILES string of the molecule is CC(C)Oc1ccc(/C=C(/NC(=O)c2ccc(OCCc3ccc(C(F)(F)F)cc3)cc2)C(=O)NCCO)cc1. The van der Waals surface area contributed by atoms with Crippen LogP contribution in [0.2, 0.25) is 0 Å². The Labute approximate surface area is 230 Å². The number of alkyl halides is 3. The number of aliphatic hydroxyl groups excluding tert-OH is 1. The topological polar surface area (TPSA) is 96.9 Å². The maximum atomic E-state index is 12.9. The summed E-state index contributed by atoms with van der Waals surface area (Å²) >= 11 is 0. The second-order valence-corrected chi connectivity index (χ2v) is 9.04. The van der Waals surface area contributed by atoms with Crippen LogP contribution in [0.5, 0.6) is 11.5 Å². The summed E-state index contributed by atoms with van der Waals surface area (Å²) in [6, 6.07) is 18.1. The Hall–Kier alpha value is -4.31. The fourth-order valence-electron chi connectivity index (χ4n) is 3.55. The minimum atomic E-state index is -4.38. The Morgan fingerprint density at radius 2 is 1.55 bits per heavy atom. The smallest absolute Gasteiger partial charge is 0.416 e. The molecule has 10 heteroatoms. The highest BCUT2D eigenvalue weighted by Gasteiger charge is 2.29. The number of amides is 2. The van der Waals surface area contributed by atoms with Crippen LogP contribution in [0.4, 0.5) is 13.2 Å². The van der Waals surface area contributed by atoms with Crippen molar-refractivity contribution in [1.29, 1.82) is 0 Å². The number of aliphatic hydroxyl groups is 1. The van der Waals surface area contributed by atoms with E-state index in [0.717, 1.165) is 12.1 Å². The van der Waals surface area contributed by atoms with E-state index in [9.17, 15) is 22.8 Å². The molecule has 3 aromatic rings. The van der Waals surface area contributed by atoms with Gasteiger partial charge in [0.15, 0.2) is 0 Å². The van der Waals surface area contributed by atoms with E-state index in [1.54, 1.807) is 36.4 Å². The molecule has 3 aromatic carbocycles. The molecule has 0 saturated carbocycles. The number of rotatable bonds is 12. The summed E-state index contributed by atoms with van der Waals surface area (Å²) in [5.74, 6) is 0.0577. The van der Waals surface area contributed by atoms with Gasteiger partial charge in [-0.3, -0.25) is 9.59 Å². The monoisotopic (exact) mass is 556 g/mol. The summed E-state index contributed by atoms with van der Waals surface area (Å²) in [6.45, 7) is 3.82. The number of halogens is 3. The van der Waals surface area contributed by atoms with Crippen LogP contribution in [0, 0.1) is 0 Å². The van der Waals surface area contributed by atoms with Crippen molar-refractivity contribution in [3.63, 3.8) is 0 Å². The van der Waals surface area contributed by atoms with Crippen LogP contribution in [0.3, 0.4) is 0 Å². The Balaban J connectivity index is 1.62. The van der Waals surface area contributed by atoms with Gasteiger partial charge in [0.1, 0.15) is 17.2 Å². The van der Waals surface area contributed by atoms with E-state index >= 15 is 0 Å².